The van der Waals surface area contributed by atoms with Gasteiger partial charge in [0.1, 0.15) is 47.4 Å². The van der Waals surface area contributed by atoms with Gasteiger partial charge in [0, 0.05) is 48.0 Å². The smallest absolute Gasteiger partial charge is 0.246 e. The summed E-state index contributed by atoms with van der Waals surface area (Å²) in [5, 5.41) is 11.9. The first-order valence-corrected chi connectivity index (χ1v) is 14.1. The number of hydrogen-bond donors (Lipinski definition) is 0. The van der Waals surface area contributed by atoms with Gasteiger partial charge in [-0.1, -0.05) is 6.58 Å². The highest BCUT2D eigenvalue weighted by Gasteiger charge is 2.31. The van der Waals surface area contributed by atoms with Crippen LogP contribution >= 0.6 is 11.3 Å². The van der Waals surface area contributed by atoms with Crippen LogP contribution < -0.4 is 4.74 Å². The molecule has 42 heavy (non-hydrogen) atoms. The van der Waals surface area contributed by atoms with E-state index in [-0.39, 0.29) is 36.5 Å². The van der Waals surface area contributed by atoms with E-state index in [1.54, 1.807) is 23.0 Å². The number of nitrogens with zero attached hydrogens (tertiary/aromatic N) is 7. The molecule has 216 valence electrons. The third-order valence-electron chi connectivity index (χ3n) is 7.10. The molecule has 0 saturated heterocycles. The molecular formula is C29H27F2N7O3S. The number of methoxy groups -OCH3 is 1. The highest BCUT2D eigenvalue weighted by molar-refractivity contribution is 7.18. The van der Waals surface area contributed by atoms with Crippen LogP contribution in [0.2, 0.25) is 0 Å². The molecule has 1 unspecified atom stereocenters. The van der Waals surface area contributed by atoms with E-state index in [4.69, 9.17) is 19.6 Å². The van der Waals surface area contributed by atoms with E-state index in [0.717, 1.165) is 17.8 Å². The van der Waals surface area contributed by atoms with Crippen LogP contribution in [-0.2, 0) is 29.7 Å². The average Bonchev–Trinajstić information content (AvgIpc) is 3.71. The van der Waals surface area contributed by atoms with Gasteiger partial charge in [0.2, 0.25) is 5.91 Å². The fourth-order valence-corrected chi connectivity index (χ4v) is 6.10. The second-order valence-corrected chi connectivity index (χ2v) is 10.8. The number of carbonyl (C=O) groups is 1. The van der Waals surface area contributed by atoms with Crippen LogP contribution in [0, 0.1) is 11.6 Å². The van der Waals surface area contributed by atoms with Crippen LogP contribution in [0.25, 0.3) is 44.1 Å². The molecule has 0 aliphatic carbocycles. The quantitative estimate of drug-likeness (QED) is 0.188. The van der Waals surface area contributed by atoms with Crippen molar-refractivity contribution in [1.29, 1.82) is 0 Å². The summed E-state index contributed by atoms with van der Waals surface area (Å²) in [7, 11) is 3.28. The third kappa shape index (κ3) is 4.84. The van der Waals surface area contributed by atoms with Crippen molar-refractivity contribution >= 4 is 27.3 Å². The maximum absolute atomic E-state index is 15.8. The summed E-state index contributed by atoms with van der Waals surface area (Å²) in [5.74, 6) is -1.33. The van der Waals surface area contributed by atoms with E-state index in [1.807, 2.05) is 29.1 Å². The minimum atomic E-state index is -0.802. The summed E-state index contributed by atoms with van der Waals surface area (Å²) < 4.78 is 45.3. The lowest BCUT2D eigenvalue weighted by Gasteiger charge is -2.33. The summed E-state index contributed by atoms with van der Waals surface area (Å²) in [4.78, 5) is 23.6. The Hall–Kier alpha value is -4.49. The molecule has 1 aromatic carbocycles. The van der Waals surface area contributed by atoms with Gasteiger partial charge in [-0.25, -0.2) is 18.7 Å². The Labute approximate surface area is 243 Å². The van der Waals surface area contributed by atoms with E-state index in [0.29, 0.717) is 51.6 Å². The van der Waals surface area contributed by atoms with Gasteiger partial charge in [-0.2, -0.15) is 5.10 Å². The first-order chi connectivity index (χ1) is 20.3. The maximum Gasteiger partial charge on any atom is 0.246 e. The number of aromatic nitrogens is 6. The van der Waals surface area contributed by atoms with Gasteiger partial charge >= 0.3 is 0 Å². The predicted molar refractivity (Wildman–Crippen MR) is 154 cm³/mol. The number of amides is 1. The second kappa shape index (κ2) is 11.1. The van der Waals surface area contributed by atoms with Crippen molar-refractivity contribution in [3.8, 4) is 39.8 Å². The SMILES string of the molecule is C=CC(=O)N1Cc2cc(-c3nc(-c4ncn(C)n4)c4ccsc4c3-c3c(F)cc(F)cc3OCCOC)nn2CC1C. The second-order valence-electron chi connectivity index (χ2n) is 9.91. The number of pyridine rings is 1. The van der Waals surface area contributed by atoms with Crippen LogP contribution in [0.1, 0.15) is 12.6 Å². The van der Waals surface area contributed by atoms with E-state index < -0.39 is 11.6 Å². The number of thiophene rings is 1. The normalized spacial score (nSPS) is 14.8. The fourth-order valence-electron chi connectivity index (χ4n) is 5.15. The molecule has 1 atom stereocenters. The van der Waals surface area contributed by atoms with Gasteiger partial charge in [0.15, 0.2) is 5.82 Å². The molecule has 6 rings (SSSR count). The largest absolute Gasteiger partial charge is 0.490 e. The molecule has 0 bridgehead atoms. The molecule has 0 fully saturated rings. The van der Waals surface area contributed by atoms with Crippen LogP contribution in [0.15, 0.2) is 48.6 Å². The molecule has 0 spiro atoms. The number of rotatable bonds is 8. The molecule has 0 N–H and O–H groups in total. The molecule has 10 nitrogen and oxygen atoms in total. The van der Waals surface area contributed by atoms with E-state index >= 15 is 4.39 Å². The molecule has 0 radical (unpaired) electrons. The lowest BCUT2D eigenvalue weighted by Crippen LogP contribution is -2.44. The van der Waals surface area contributed by atoms with Crippen molar-refractivity contribution in [1.82, 2.24) is 34.4 Å². The topological polar surface area (TPSA) is 100 Å². The van der Waals surface area contributed by atoms with Crippen LogP contribution in [0.5, 0.6) is 5.75 Å². The lowest BCUT2D eigenvalue weighted by atomic mass is 9.97. The van der Waals surface area contributed by atoms with Crippen LogP contribution in [0.4, 0.5) is 8.78 Å². The van der Waals surface area contributed by atoms with E-state index in [1.165, 1.54) is 24.5 Å². The third-order valence-corrected chi connectivity index (χ3v) is 8.03. The van der Waals surface area contributed by atoms with Crippen molar-refractivity contribution in [2.45, 2.75) is 26.1 Å². The molecule has 1 aliphatic heterocycles. The molecule has 0 saturated carbocycles. The Balaban J connectivity index is 1.61. The first-order valence-electron chi connectivity index (χ1n) is 13.2. The first kappa shape index (κ1) is 27.7. The van der Waals surface area contributed by atoms with Gasteiger partial charge in [0.25, 0.3) is 0 Å². The van der Waals surface area contributed by atoms with Crippen molar-refractivity contribution < 1.29 is 23.0 Å². The minimum absolute atomic E-state index is 0.0198. The van der Waals surface area contributed by atoms with Gasteiger partial charge in [-0.15, -0.1) is 16.4 Å². The van der Waals surface area contributed by atoms with Crippen molar-refractivity contribution in [2.75, 3.05) is 20.3 Å². The highest BCUT2D eigenvalue weighted by Crippen LogP contribution is 2.46. The molecule has 5 aromatic rings. The zero-order valence-corrected chi connectivity index (χ0v) is 24.0. The molecule has 1 amide bonds. The number of benzene rings is 1. The van der Waals surface area contributed by atoms with Crippen LogP contribution in [-0.4, -0.2) is 66.7 Å². The van der Waals surface area contributed by atoms with Gasteiger partial charge in [0.05, 0.1) is 31.0 Å². The number of hydrogen-bond acceptors (Lipinski definition) is 8. The van der Waals surface area contributed by atoms with Crippen molar-refractivity contribution in [3.63, 3.8) is 0 Å². The van der Waals surface area contributed by atoms with Gasteiger partial charge in [-0.3, -0.25) is 14.2 Å². The number of ether oxygens (including phenoxy) is 2. The van der Waals surface area contributed by atoms with E-state index in [2.05, 4.69) is 16.7 Å². The zero-order valence-electron chi connectivity index (χ0n) is 23.2. The summed E-state index contributed by atoms with van der Waals surface area (Å²) in [6, 6.07) is 5.57. The summed E-state index contributed by atoms with van der Waals surface area (Å²) >= 11 is 1.38. The number of halogens is 2. The average molecular weight is 592 g/mol. The van der Waals surface area contributed by atoms with Gasteiger partial charge in [-0.05, 0) is 30.5 Å². The summed E-state index contributed by atoms with van der Waals surface area (Å²) in [5.41, 5.74) is 2.56. The zero-order chi connectivity index (χ0) is 29.5. The monoisotopic (exact) mass is 591 g/mol. The standard InChI is InChI=1S/C29H27F2N7O3S/c1-5-23(39)37-14-18-12-21(34-38(18)13-16(37)2)27-25(24-20(31)10-17(30)11-22(24)41-8-7-40-4)28-19(6-9-42-28)26(33-27)29-32-15-36(3)35-29/h5-6,9-12,15-16H,1,7-8,13-14H2,2-4H3. The lowest BCUT2D eigenvalue weighted by molar-refractivity contribution is -0.129. The highest BCUT2D eigenvalue weighted by atomic mass is 32.1. The Bertz CT molecular complexity index is 1830. The summed E-state index contributed by atoms with van der Waals surface area (Å²) in [6.07, 6.45) is 2.87. The predicted octanol–water partition coefficient (Wildman–Crippen LogP) is 4.84. The Morgan fingerprint density at radius 1 is 1.19 bits per heavy atom. The minimum Gasteiger partial charge on any atom is -0.490 e. The Morgan fingerprint density at radius 2 is 2.02 bits per heavy atom. The molecule has 4 aromatic heterocycles. The number of aryl methyl sites for hydroxylation is 1. The molecule has 13 heteroatoms. The molecule has 1 aliphatic rings. The molecule has 5 heterocycles. The Kier molecular flexibility index (Phi) is 7.29. The van der Waals surface area contributed by atoms with Crippen molar-refractivity contribution in [2.24, 2.45) is 7.05 Å². The number of carbonyl (C=O) groups excluding carboxylic acids is 1. The maximum atomic E-state index is 15.8. The summed E-state index contributed by atoms with van der Waals surface area (Å²) in [6.45, 7) is 6.65. The van der Waals surface area contributed by atoms with Gasteiger partial charge < -0.3 is 14.4 Å². The Morgan fingerprint density at radius 3 is 2.76 bits per heavy atom. The fraction of sp³-hybridized carbons (Fsp3) is 0.276. The van der Waals surface area contributed by atoms with E-state index in [9.17, 15) is 9.18 Å². The van der Waals surface area contributed by atoms with Crippen molar-refractivity contribution in [3.05, 3.63) is 66.0 Å². The molecular weight excluding hydrogens is 564 g/mol. The van der Waals surface area contributed by atoms with Crippen LogP contribution in [0.3, 0.4) is 0 Å². The number of fused-ring (bicyclic) bond motifs is 2.